The summed E-state index contributed by atoms with van der Waals surface area (Å²) in [6.45, 7) is 0. The lowest BCUT2D eigenvalue weighted by molar-refractivity contribution is 0.511. The van der Waals surface area contributed by atoms with Crippen molar-refractivity contribution in [2.45, 2.75) is 18.8 Å². The van der Waals surface area contributed by atoms with Crippen molar-refractivity contribution in [2.24, 2.45) is 0 Å². The van der Waals surface area contributed by atoms with Crippen LogP contribution in [0.25, 0.3) is 0 Å². The molecule has 70 valence electrons. The maximum atomic E-state index is 12.9. The molecule has 4 heteroatoms. The van der Waals surface area contributed by atoms with Gasteiger partial charge in [0.1, 0.15) is 0 Å². The predicted octanol–water partition coefficient (Wildman–Crippen LogP) is 2.01. The monoisotopic (exact) mass is 184 g/mol. The maximum Gasteiger partial charge on any atom is 0.183 e. The molecule has 0 radical (unpaired) electrons. The highest BCUT2D eigenvalue weighted by atomic mass is 19.2. The van der Waals surface area contributed by atoms with Crippen LogP contribution in [0, 0.1) is 11.6 Å². The first-order valence-electron chi connectivity index (χ1n) is 4.14. The number of halogens is 2. The largest absolute Gasteiger partial charge is 0.397 e. The average Bonchev–Trinajstić information content (AvgIpc) is 2.91. The van der Waals surface area contributed by atoms with Crippen LogP contribution < -0.4 is 11.5 Å². The molecular formula is C9H10F2N2. The van der Waals surface area contributed by atoms with E-state index in [0.717, 1.165) is 18.9 Å². The molecule has 1 aliphatic carbocycles. The van der Waals surface area contributed by atoms with Gasteiger partial charge in [0.25, 0.3) is 0 Å². The van der Waals surface area contributed by atoms with E-state index in [0.29, 0.717) is 5.56 Å². The van der Waals surface area contributed by atoms with E-state index in [1.807, 2.05) is 0 Å². The van der Waals surface area contributed by atoms with Gasteiger partial charge in [-0.2, -0.15) is 0 Å². The van der Waals surface area contributed by atoms with E-state index in [4.69, 9.17) is 11.5 Å². The molecule has 1 saturated carbocycles. The SMILES string of the molecule is Nc1c(C2CC2)cc(F)c(F)c1N. The van der Waals surface area contributed by atoms with E-state index < -0.39 is 11.6 Å². The second kappa shape index (κ2) is 2.58. The molecule has 2 nitrogen and oxygen atoms in total. The zero-order valence-corrected chi connectivity index (χ0v) is 6.98. The Morgan fingerprint density at radius 2 is 1.77 bits per heavy atom. The van der Waals surface area contributed by atoms with Gasteiger partial charge in [-0.1, -0.05) is 0 Å². The topological polar surface area (TPSA) is 52.0 Å². The third-order valence-electron chi connectivity index (χ3n) is 2.35. The first-order chi connectivity index (χ1) is 6.11. The molecule has 0 heterocycles. The summed E-state index contributed by atoms with van der Waals surface area (Å²) < 4.78 is 25.8. The zero-order chi connectivity index (χ0) is 9.59. The Hall–Kier alpha value is -1.32. The van der Waals surface area contributed by atoms with Crippen LogP contribution in [-0.4, -0.2) is 0 Å². The lowest BCUT2D eigenvalue weighted by Gasteiger charge is -2.08. The number of rotatable bonds is 1. The number of hydrogen-bond donors (Lipinski definition) is 2. The lowest BCUT2D eigenvalue weighted by Crippen LogP contribution is -2.04. The Labute approximate surface area is 74.5 Å². The summed E-state index contributed by atoms with van der Waals surface area (Å²) in [4.78, 5) is 0. The summed E-state index contributed by atoms with van der Waals surface area (Å²) in [6, 6.07) is 1.15. The third kappa shape index (κ3) is 1.22. The van der Waals surface area contributed by atoms with Crippen molar-refractivity contribution in [2.75, 3.05) is 11.5 Å². The Balaban J connectivity index is 2.58. The van der Waals surface area contributed by atoms with E-state index in [2.05, 4.69) is 0 Å². The van der Waals surface area contributed by atoms with Crippen LogP contribution in [0.1, 0.15) is 24.3 Å². The molecule has 0 spiro atoms. The van der Waals surface area contributed by atoms with Gasteiger partial charge in [-0.3, -0.25) is 0 Å². The number of nitrogen functional groups attached to an aromatic ring is 2. The summed E-state index contributed by atoms with van der Waals surface area (Å²) in [7, 11) is 0. The van der Waals surface area contributed by atoms with Crippen molar-refractivity contribution in [1.82, 2.24) is 0 Å². The first kappa shape index (κ1) is 8.29. The molecule has 1 aliphatic rings. The number of hydrogen-bond acceptors (Lipinski definition) is 2. The molecule has 0 amide bonds. The average molecular weight is 184 g/mol. The molecule has 0 atom stereocenters. The smallest absolute Gasteiger partial charge is 0.183 e. The molecule has 1 aromatic carbocycles. The highest BCUT2D eigenvalue weighted by Crippen LogP contribution is 2.44. The highest BCUT2D eigenvalue weighted by Gasteiger charge is 2.28. The van der Waals surface area contributed by atoms with Crippen LogP contribution in [-0.2, 0) is 0 Å². The number of anilines is 2. The maximum absolute atomic E-state index is 12.9. The molecule has 0 unspecified atom stereocenters. The summed E-state index contributed by atoms with van der Waals surface area (Å²) >= 11 is 0. The molecule has 0 saturated heterocycles. The fraction of sp³-hybridized carbons (Fsp3) is 0.333. The molecule has 1 fully saturated rings. The van der Waals surface area contributed by atoms with Gasteiger partial charge in [-0.05, 0) is 30.4 Å². The second-order valence-corrected chi connectivity index (χ2v) is 3.36. The van der Waals surface area contributed by atoms with Crippen molar-refractivity contribution in [3.05, 3.63) is 23.3 Å². The van der Waals surface area contributed by atoms with Gasteiger partial charge in [-0.25, -0.2) is 8.78 Å². The van der Waals surface area contributed by atoms with Crippen molar-refractivity contribution in [3.63, 3.8) is 0 Å². The van der Waals surface area contributed by atoms with Crippen LogP contribution >= 0.6 is 0 Å². The Morgan fingerprint density at radius 3 is 2.31 bits per heavy atom. The van der Waals surface area contributed by atoms with Crippen molar-refractivity contribution < 1.29 is 8.78 Å². The minimum absolute atomic E-state index is 0.196. The number of nitrogens with two attached hydrogens (primary N) is 2. The van der Waals surface area contributed by atoms with E-state index in [9.17, 15) is 8.78 Å². The quantitative estimate of drug-likeness (QED) is 0.656. The van der Waals surface area contributed by atoms with E-state index in [-0.39, 0.29) is 17.3 Å². The normalized spacial score (nSPS) is 16.2. The standard InChI is InChI=1S/C9H10F2N2/c10-6-3-5(4-1-2-4)8(12)9(13)7(6)11/h3-4H,1-2,12-13H2. The third-order valence-corrected chi connectivity index (χ3v) is 2.35. The van der Waals surface area contributed by atoms with Crippen LogP contribution in [0.4, 0.5) is 20.2 Å². The van der Waals surface area contributed by atoms with Crippen LogP contribution in [0.2, 0.25) is 0 Å². The van der Waals surface area contributed by atoms with Gasteiger partial charge >= 0.3 is 0 Å². The molecule has 4 N–H and O–H groups in total. The van der Waals surface area contributed by atoms with Gasteiger partial charge in [0.15, 0.2) is 11.6 Å². The Morgan fingerprint density at radius 1 is 1.15 bits per heavy atom. The van der Waals surface area contributed by atoms with E-state index in [1.54, 1.807) is 0 Å². The summed E-state index contributed by atoms with van der Waals surface area (Å²) in [5.41, 5.74) is 11.5. The second-order valence-electron chi connectivity index (χ2n) is 3.36. The number of benzene rings is 1. The molecular weight excluding hydrogens is 174 g/mol. The van der Waals surface area contributed by atoms with Gasteiger partial charge < -0.3 is 11.5 Å². The Kier molecular flexibility index (Phi) is 1.65. The molecule has 0 aromatic heterocycles. The summed E-state index contributed by atoms with van der Waals surface area (Å²) in [5, 5.41) is 0. The molecule has 0 aliphatic heterocycles. The summed E-state index contributed by atoms with van der Waals surface area (Å²) in [5.74, 6) is -1.67. The van der Waals surface area contributed by atoms with Gasteiger partial charge in [0.05, 0.1) is 11.4 Å². The fourth-order valence-corrected chi connectivity index (χ4v) is 1.41. The molecule has 13 heavy (non-hydrogen) atoms. The van der Waals surface area contributed by atoms with Gasteiger partial charge in [-0.15, -0.1) is 0 Å². The van der Waals surface area contributed by atoms with Crippen LogP contribution in [0.15, 0.2) is 6.07 Å². The predicted molar refractivity (Wildman–Crippen MR) is 47.2 cm³/mol. The molecule has 1 aromatic rings. The minimum Gasteiger partial charge on any atom is -0.397 e. The van der Waals surface area contributed by atoms with Crippen LogP contribution in [0.3, 0.4) is 0 Å². The summed E-state index contributed by atoms with van der Waals surface area (Å²) in [6.07, 6.45) is 1.96. The Bertz CT molecular complexity index is 359. The fourth-order valence-electron chi connectivity index (χ4n) is 1.41. The van der Waals surface area contributed by atoms with Crippen molar-refractivity contribution in [1.29, 1.82) is 0 Å². The van der Waals surface area contributed by atoms with E-state index in [1.165, 1.54) is 0 Å². The highest BCUT2D eigenvalue weighted by molar-refractivity contribution is 5.69. The van der Waals surface area contributed by atoms with Gasteiger partial charge in [0.2, 0.25) is 0 Å². The molecule has 0 bridgehead atoms. The van der Waals surface area contributed by atoms with Crippen LogP contribution in [0.5, 0.6) is 0 Å². The lowest BCUT2D eigenvalue weighted by atomic mass is 10.1. The van der Waals surface area contributed by atoms with Gasteiger partial charge in [0, 0.05) is 0 Å². The van der Waals surface area contributed by atoms with Crippen molar-refractivity contribution >= 4 is 11.4 Å². The first-order valence-corrected chi connectivity index (χ1v) is 4.14. The molecule has 2 rings (SSSR count). The minimum atomic E-state index is -1.04. The van der Waals surface area contributed by atoms with Crippen molar-refractivity contribution in [3.8, 4) is 0 Å². The zero-order valence-electron chi connectivity index (χ0n) is 6.98. The van der Waals surface area contributed by atoms with E-state index >= 15 is 0 Å².